The topological polar surface area (TPSA) is 123 Å². The molecule has 228 valence electrons. The molecule has 3 rings (SSSR count). The van der Waals surface area contributed by atoms with Gasteiger partial charge in [-0.15, -0.1) is 0 Å². The highest BCUT2D eigenvalue weighted by Crippen LogP contribution is 2.31. The Morgan fingerprint density at radius 1 is 0.976 bits per heavy atom. The highest BCUT2D eigenvalue weighted by atomic mass is 16.6. The first kappa shape index (κ1) is 33.0. The highest BCUT2D eigenvalue weighted by molar-refractivity contribution is 5.94. The van der Waals surface area contributed by atoms with Gasteiger partial charge in [0.05, 0.1) is 5.92 Å². The molecule has 1 amide bonds. The van der Waals surface area contributed by atoms with E-state index in [0.717, 1.165) is 35.2 Å². The van der Waals surface area contributed by atoms with Gasteiger partial charge in [0, 0.05) is 36.6 Å². The monoisotopic (exact) mass is 578 g/mol. The van der Waals surface area contributed by atoms with Crippen molar-refractivity contribution < 1.29 is 29.0 Å². The molecule has 0 unspecified atom stereocenters. The third-order valence-electron chi connectivity index (χ3n) is 7.75. The van der Waals surface area contributed by atoms with Gasteiger partial charge in [-0.1, -0.05) is 44.2 Å². The number of aliphatic carboxylic acids is 1. The number of benzene rings is 1. The average molecular weight is 579 g/mol. The molecule has 2 aromatic rings. The lowest BCUT2D eigenvalue weighted by atomic mass is 9.77. The molecule has 0 bridgehead atoms. The van der Waals surface area contributed by atoms with Crippen LogP contribution in [0.25, 0.3) is 11.1 Å². The fourth-order valence-electron chi connectivity index (χ4n) is 5.49. The molecule has 0 radical (unpaired) electrons. The Hall–Kier alpha value is -3.55. The first-order chi connectivity index (χ1) is 19.7. The summed E-state index contributed by atoms with van der Waals surface area (Å²) < 4.78 is 5.29. The van der Waals surface area contributed by atoms with Gasteiger partial charge >= 0.3 is 12.1 Å². The minimum atomic E-state index is -0.968. The molecule has 1 atom stereocenters. The molecule has 2 N–H and O–H groups in total. The predicted octanol–water partition coefficient (Wildman–Crippen LogP) is 6.82. The van der Waals surface area contributed by atoms with E-state index in [1.54, 1.807) is 6.07 Å². The second-order valence-electron chi connectivity index (χ2n) is 13.1. The van der Waals surface area contributed by atoms with Gasteiger partial charge in [0.1, 0.15) is 17.1 Å². The summed E-state index contributed by atoms with van der Waals surface area (Å²) >= 11 is 0. The van der Waals surface area contributed by atoms with Crippen molar-refractivity contribution in [3.05, 3.63) is 53.3 Å². The zero-order chi connectivity index (χ0) is 31.0. The summed E-state index contributed by atoms with van der Waals surface area (Å²) in [6, 6.07) is 11.3. The van der Waals surface area contributed by atoms with Crippen LogP contribution in [0.2, 0.25) is 0 Å². The standard InChI is InChI=1S/C34H46N2O6/c1-21(2)17-31(38)29-16-15-28(22(3)36-29)25-11-7-23(8-12-25)18-27(32(39)40)19-30(37)26-13-9-24(10-14-26)20-35-33(41)42-34(4,5)6/h7-8,11-12,15-16,21,24,26-27H,9-10,13-14,17-20H2,1-6H3,(H,35,41)(H,39,40)/t24?,26?,27-/m1/s1. The molecule has 1 aromatic heterocycles. The summed E-state index contributed by atoms with van der Waals surface area (Å²) in [4.78, 5) is 54.0. The maximum atomic E-state index is 13.1. The van der Waals surface area contributed by atoms with Crippen LogP contribution < -0.4 is 5.32 Å². The Morgan fingerprint density at radius 2 is 1.62 bits per heavy atom. The van der Waals surface area contributed by atoms with Crippen molar-refractivity contribution in [3.8, 4) is 11.1 Å². The third-order valence-corrected chi connectivity index (χ3v) is 7.75. The number of carbonyl (C=O) groups excluding carboxylic acids is 3. The Morgan fingerprint density at radius 3 is 2.17 bits per heavy atom. The summed E-state index contributed by atoms with van der Waals surface area (Å²) in [7, 11) is 0. The SMILES string of the molecule is Cc1nc(C(=O)CC(C)C)ccc1-c1ccc(C[C@H](CC(=O)C2CCC(CNC(=O)OC(C)(C)C)CC2)C(=O)O)cc1. The Balaban J connectivity index is 1.53. The van der Waals surface area contributed by atoms with Gasteiger partial charge in [-0.05, 0) is 88.8 Å². The molecule has 1 heterocycles. The first-order valence-corrected chi connectivity index (χ1v) is 15.0. The fraction of sp³-hybridized carbons (Fsp3) is 0.559. The first-order valence-electron chi connectivity index (χ1n) is 15.0. The number of hydrogen-bond donors (Lipinski definition) is 2. The molecular formula is C34H46N2O6. The van der Waals surface area contributed by atoms with Gasteiger partial charge < -0.3 is 15.2 Å². The van der Waals surface area contributed by atoms with E-state index in [2.05, 4.69) is 10.3 Å². The Labute approximate surface area is 249 Å². The van der Waals surface area contributed by atoms with Crippen LogP contribution in [-0.4, -0.2) is 45.9 Å². The largest absolute Gasteiger partial charge is 0.481 e. The van der Waals surface area contributed by atoms with Crippen molar-refractivity contribution in [3.63, 3.8) is 0 Å². The van der Waals surface area contributed by atoms with Gasteiger partial charge in [0.2, 0.25) is 0 Å². The zero-order valence-electron chi connectivity index (χ0n) is 25.9. The van der Waals surface area contributed by atoms with Crippen molar-refractivity contribution in [2.24, 2.45) is 23.7 Å². The predicted molar refractivity (Wildman–Crippen MR) is 162 cm³/mol. The van der Waals surface area contributed by atoms with Crippen LogP contribution in [0.3, 0.4) is 0 Å². The van der Waals surface area contributed by atoms with Crippen LogP contribution in [-0.2, 0) is 20.7 Å². The van der Waals surface area contributed by atoms with Crippen LogP contribution in [0.15, 0.2) is 36.4 Å². The summed E-state index contributed by atoms with van der Waals surface area (Å²) in [6.45, 7) is 11.9. The van der Waals surface area contributed by atoms with Crippen molar-refractivity contribution in [1.82, 2.24) is 10.3 Å². The number of pyridine rings is 1. The lowest BCUT2D eigenvalue weighted by Gasteiger charge is -2.29. The third kappa shape index (κ3) is 10.1. The fourth-order valence-corrected chi connectivity index (χ4v) is 5.49. The van der Waals surface area contributed by atoms with E-state index in [1.165, 1.54) is 0 Å². The molecule has 1 fully saturated rings. The summed E-state index contributed by atoms with van der Waals surface area (Å²) in [6.07, 6.45) is 3.34. The number of aromatic nitrogens is 1. The number of ether oxygens (including phenoxy) is 1. The molecule has 0 saturated heterocycles. The molecule has 1 aliphatic rings. The molecule has 8 nitrogen and oxygen atoms in total. The van der Waals surface area contributed by atoms with Crippen LogP contribution in [0.5, 0.6) is 0 Å². The molecule has 1 aromatic carbocycles. The summed E-state index contributed by atoms with van der Waals surface area (Å²) in [5.74, 6) is -1.30. The van der Waals surface area contributed by atoms with Crippen LogP contribution in [0, 0.1) is 30.6 Å². The van der Waals surface area contributed by atoms with Crippen molar-refractivity contribution in [2.75, 3.05) is 6.54 Å². The van der Waals surface area contributed by atoms with Crippen molar-refractivity contribution >= 4 is 23.6 Å². The highest BCUT2D eigenvalue weighted by Gasteiger charge is 2.30. The molecule has 42 heavy (non-hydrogen) atoms. The number of ketones is 2. The molecular weight excluding hydrogens is 532 g/mol. The second-order valence-corrected chi connectivity index (χ2v) is 13.1. The number of rotatable bonds is 12. The quantitative estimate of drug-likeness (QED) is 0.265. The normalized spacial score (nSPS) is 17.9. The van der Waals surface area contributed by atoms with E-state index in [4.69, 9.17) is 4.74 Å². The van der Waals surface area contributed by atoms with Crippen LogP contribution in [0.1, 0.15) is 94.9 Å². The number of carboxylic acids is 1. The zero-order valence-corrected chi connectivity index (χ0v) is 25.9. The van der Waals surface area contributed by atoms with Crippen molar-refractivity contribution in [2.45, 2.75) is 92.1 Å². The van der Waals surface area contributed by atoms with Gasteiger partial charge in [-0.2, -0.15) is 0 Å². The van der Waals surface area contributed by atoms with Gasteiger partial charge in [0.15, 0.2) is 5.78 Å². The van der Waals surface area contributed by atoms with E-state index in [0.29, 0.717) is 31.5 Å². The smallest absolute Gasteiger partial charge is 0.407 e. The minimum Gasteiger partial charge on any atom is -0.481 e. The summed E-state index contributed by atoms with van der Waals surface area (Å²) in [5, 5.41) is 12.7. The van der Waals surface area contributed by atoms with E-state index < -0.39 is 23.6 Å². The number of aryl methyl sites for hydroxylation is 1. The van der Waals surface area contributed by atoms with Gasteiger partial charge in [-0.3, -0.25) is 14.4 Å². The number of carbonyl (C=O) groups is 4. The number of amides is 1. The van der Waals surface area contributed by atoms with E-state index >= 15 is 0 Å². The molecule has 0 aliphatic heterocycles. The number of hydrogen-bond acceptors (Lipinski definition) is 6. The Bertz CT molecular complexity index is 1250. The molecule has 1 saturated carbocycles. The van der Waals surface area contributed by atoms with Crippen LogP contribution in [0.4, 0.5) is 4.79 Å². The number of alkyl carbamates (subject to hydrolysis) is 1. The summed E-state index contributed by atoms with van der Waals surface area (Å²) in [5.41, 5.74) is 3.40. The van der Waals surface area contributed by atoms with Gasteiger partial charge in [-0.25, -0.2) is 9.78 Å². The van der Waals surface area contributed by atoms with E-state index in [9.17, 15) is 24.3 Å². The lowest BCUT2D eigenvalue weighted by molar-refractivity contribution is -0.144. The molecule has 0 spiro atoms. The molecule has 1 aliphatic carbocycles. The van der Waals surface area contributed by atoms with E-state index in [-0.39, 0.29) is 42.2 Å². The minimum absolute atomic E-state index is 0.00590. The number of carboxylic acid groups (broad SMARTS) is 1. The van der Waals surface area contributed by atoms with Crippen molar-refractivity contribution in [1.29, 1.82) is 0 Å². The van der Waals surface area contributed by atoms with E-state index in [1.807, 2.05) is 71.9 Å². The molecule has 8 heteroatoms. The number of Topliss-reactive ketones (excluding diaryl/α,β-unsaturated/α-hetero) is 2. The lowest BCUT2D eigenvalue weighted by Crippen LogP contribution is -2.36. The maximum Gasteiger partial charge on any atom is 0.407 e. The number of nitrogens with one attached hydrogen (secondary N) is 1. The second kappa shape index (κ2) is 14.6. The van der Waals surface area contributed by atoms with Gasteiger partial charge in [0.25, 0.3) is 0 Å². The maximum absolute atomic E-state index is 13.1. The average Bonchev–Trinajstić information content (AvgIpc) is 2.91. The van der Waals surface area contributed by atoms with Crippen LogP contribution >= 0.6 is 0 Å². The Kier molecular flexibility index (Phi) is 11.4. The number of nitrogens with zero attached hydrogens (tertiary/aromatic N) is 1.